The van der Waals surface area contributed by atoms with Gasteiger partial charge in [-0.1, -0.05) is 26.2 Å². The van der Waals surface area contributed by atoms with Crippen molar-refractivity contribution in [1.29, 1.82) is 0 Å². The fraction of sp³-hybridized carbons (Fsp3) is 1.00. The van der Waals surface area contributed by atoms with Gasteiger partial charge in [-0.25, -0.2) is 0 Å². The largest absolute Gasteiger partial charge is 0.325 e. The van der Waals surface area contributed by atoms with Crippen molar-refractivity contribution < 1.29 is 0 Å². The van der Waals surface area contributed by atoms with Gasteiger partial charge >= 0.3 is 0 Å². The number of nitrogens with two attached hydrogens (primary N) is 1. The van der Waals surface area contributed by atoms with Gasteiger partial charge in [0.05, 0.1) is 0 Å². The Morgan fingerprint density at radius 1 is 1.36 bits per heavy atom. The van der Waals surface area contributed by atoms with Crippen LogP contribution < -0.4 is 11.1 Å². The van der Waals surface area contributed by atoms with Crippen LogP contribution in [-0.4, -0.2) is 18.1 Å². The minimum Gasteiger partial charge on any atom is -0.325 e. The molecule has 0 aromatic heterocycles. The first-order chi connectivity index (χ1) is 6.73. The molecule has 2 saturated carbocycles. The molecule has 0 saturated heterocycles. The van der Waals surface area contributed by atoms with Crippen LogP contribution in [0.5, 0.6) is 0 Å². The molecule has 0 aliphatic heterocycles. The van der Waals surface area contributed by atoms with Crippen LogP contribution in [0.15, 0.2) is 0 Å². The standard InChI is InChI=1S/C12H24N2/c1-2-10-9-11(10)14-8-7-12(13)5-3-4-6-12/h10-11,14H,2-9,13H2,1H3. The third-order valence-electron chi connectivity index (χ3n) is 4.08. The molecule has 2 unspecified atom stereocenters. The lowest BCUT2D eigenvalue weighted by molar-refractivity contribution is 0.391. The molecule has 3 N–H and O–H groups in total. The SMILES string of the molecule is CCC1CC1NCCC1(N)CCCC1. The molecule has 0 spiro atoms. The van der Waals surface area contributed by atoms with Crippen LogP contribution in [0.1, 0.15) is 51.9 Å². The van der Waals surface area contributed by atoms with Crippen molar-refractivity contribution in [3.8, 4) is 0 Å². The van der Waals surface area contributed by atoms with Crippen molar-refractivity contribution in [2.75, 3.05) is 6.54 Å². The van der Waals surface area contributed by atoms with E-state index in [0.717, 1.165) is 18.5 Å². The first kappa shape index (κ1) is 10.4. The van der Waals surface area contributed by atoms with Gasteiger partial charge in [-0.3, -0.25) is 0 Å². The molecule has 2 rings (SSSR count). The highest BCUT2D eigenvalue weighted by Gasteiger charge is 2.35. The minimum absolute atomic E-state index is 0.184. The average Bonchev–Trinajstić information content (AvgIpc) is 2.80. The molecule has 2 atom stereocenters. The Morgan fingerprint density at radius 3 is 2.64 bits per heavy atom. The van der Waals surface area contributed by atoms with E-state index in [1.165, 1.54) is 44.9 Å². The van der Waals surface area contributed by atoms with Gasteiger partial charge in [-0.2, -0.15) is 0 Å². The Bertz CT molecular complexity index is 185. The van der Waals surface area contributed by atoms with Gasteiger partial charge in [-0.05, 0) is 38.1 Å². The Kier molecular flexibility index (Phi) is 3.13. The van der Waals surface area contributed by atoms with E-state index in [-0.39, 0.29) is 5.54 Å². The van der Waals surface area contributed by atoms with Crippen LogP contribution in [0.3, 0.4) is 0 Å². The van der Waals surface area contributed by atoms with Crippen molar-refractivity contribution >= 4 is 0 Å². The van der Waals surface area contributed by atoms with E-state index in [4.69, 9.17) is 5.73 Å². The van der Waals surface area contributed by atoms with Gasteiger partial charge in [0.2, 0.25) is 0 Å². The summed E-state index contributed by atoms with van der Waals surface area (Å²) >= 11 is 0. The normalized spacial score (nSPS) is 34.7. The highest BCUT2D eigenvalue weighted by molar-refractivity contribution is 4.94. The highest BCUT2D eigenvalue weighted by atomic mass is 15.0. The summed E-state index contributed by atoms with van der Waals surface area (Å²) in [4.78, 5) is 0. The van der Waals surface area contributed by atoms with Gasteiger partial charge in [0.1, 0.15) is 0 Å². The van der Waals surface area contributed by atoms with E-state index in [1.807, 2.05) is 0 Å². The summed E-state index contributed by atoms with van der Waals surface area (Å²) in [5, 5.41) is 3.63. The molecule has 0 radical (unpaired) electrons. The fourth-order valence-electron chi connectivity index (χ4n) is 2.78. The van der Waals surface area contributed by atoms with Crippen LogP contribution in [0.2, 0.25) is 0 Å². The highest BCUT2D eigenvalue weighted by Crippen LogP contribution is 2.34. The number of nitrogens with one attached hydrogen (secondary N) is 1. The van der Waals surface area contributed by atoms with E-state index >= 15 is 0 Å². The monoisotopic (exact) mass is 196 g/mol. The van der Waals surface area contributed by atoms with E-state index in [1.54, 1.807) is 0 Å². The maximum Gasteiger partial charge on any atom is 0.0166 e. The zero-order valence-corrected chi connectivity index (χ0v) is 9.39. The second-order valence-corrected chi connectivity index (χ2v) is 5.28. The molecule has 0 aromatic carbocycles. The Hall–Kier alpha value is -0.0800. The Labute approximate surface area is 87.6 Å². The maximum atomic E-state index is 6.29. The van der Waals surface area contributed by atoms with Gasteiger partial charge < -0.3 is 11.1 Å². The maximum absolute atomic E-state index is 6.29. The molecule has 2 heteroatoms. The fourth-order valence-corrected chi connectivity index (χ4v) is 2.78. The summed E-state index contributed by atoms with van der Waals surface area (Å²) in [7, 11) is 0. The summed E-state index contributed by atoms with van der Waals surface area (Å²) in [5.41, 5.74) is 6.48. The predicted molar refractivity (Wildman–Crippen MR) is 60.2 cm³/mol. The molecule has 0 aromatic rings. The molecule has 0 bridgehead atoms. The zero-order valence-electron chi connectivity index (χ0n) is 9.39. The van der Waals surface area contributed by atoms with E-state index in [2.05, 4.69) is 12.2 Å². The molecule has 2 aliphatic rings. The molecule has 82 valence electrons. The number of rotatable bonds is 5. The second kappa shape index (κ2) is 4.19. The summed E-state index contributed by atoms with van der Waals surface area (Å²) in [6.45, 7) is 3.42. The predicted octanol–water partition coefficient (Wildman–Crippen LogP) is 2.04. The van der Waals surface area contributed by atoms with E-state index < -0.39 is 0 Å². The second-order valence-electron chi connectivity index (χ2n) is 5.28. The Balaban J connectivity index is 1.59. The smallest absolute Gasteiger partial charge is 0.0166 e. The van der Waals surface area contributed by atoms with Gasteiger partial charge in [0, 0.05) is 11.6 Å². The van der Waals surface area contributed by atoms with Crippen LogP contribution in [0.4, 0.5) is 0 Å². The van der Waals surface area contributed by atoms with Crippen molar-refractivity contribution in [2.45, 2.75) is 63.5 Å². The first-order valence-corrected chi connectivity index (χ1v) is 6.26. The summed E-state index contributed by atoms with van der Waals surface area (Å²) in [6.07, 6.45) is 9.10. The van der Waals surface area contributed by atoms with Crippen LogP contribution >= 0.6 is 0 Å². The van der Waals surface area contributed by atoms with Gasteiger partial charge in [-0.15, -0.1) is 0 Å². The van der Waals surface area contributed by atoms with Crippen molar-refractivity contribution in [2.24, 2.45) is 11.7 Å². The quantitative estimate of drug-likeness (QED) is 0.706. The summed E-state index contributed by atoms with van der Waals surface area (Å²) in [5.74, 6) is 0.965. The lowest BCUT2D eigenvalue weighted by Gasteiger charge is -2.23. The summed E-state index contributed by atoms with van der Waals surface area (Å²) in [6, 6.07) is 0.824. The number of hydrogen-bond acceptors (Lipinski definition) is 2. The lowest BCUT2D eigenvalue weighted by Crippen LogP contribution is -2.39. The third kappa shape index (κ3) is 2.48. The number of hydrogen-bond donors (Lipinski definition) is 2. The minimum atomic E-state index is 0.184. The summed E-state index contributed by atoms with van der Waals surface area (Å²) < 4.78 is 0. The lowest BCUT2D eigenvalue weighted by atomic mass is 9.95. The van der Waals surface area contributed by atoms with Gasteiger partial charge in [0.15, 0.2) is 0 Å². The molecule has 2 nitrogen and oxygen atoms in total. The molecule has 0 heterocycles. The molecular formula is C12H24N2. The third-order valence-corrected chi connectivity index (χ3v) is 4.08. The van der Waals surface area contributed by atoms with Crippen molar-refractivity contribution in [3.05, 3.63) is 0 Å². The molecular weight excluding hydrogens is 172 g/mol. The molecule has 0 amide bonds. The molecule has 14 heavy (non-hydrogen) atoms. The van der Waals surface area contributed by atoms with Crippen LogP contribution in [0, 0.1) is 5.92 Å². The first-order valence-electron chi connectivity index (χ1n) is 6.26. The zero-order chi connectivity index (χ0) is 10.0. The van der Waals surface area contributed by atoms with Crippen LogP contribution in [-0.2, 0) is 0 Å². The van der Waals surface area contributed by atoms with Crippen LogP contribution in [0.25, 0.3) is 0 Å². The Morgan fingerprint density at radius 2 is 2.07 bits per heavy atom. The van der Waals surface area contributed by atoms with E-state index in [0.29, 0.717) is 0 Å². The van der Waals surface area contributed by atoms with Crippen molar-refractivity contribution in [1.82, 2.24) is 5.32 Å². The average molecular weight is 196 g/mol. The molecule has 2 aliphatic carbocycles. The van der Waals surface area contributed by atoms with E-state index in [9.17, 15) is 0 Å². The topological polar surface area (TPSA) is 38.0 Å². The molecule has 2 fully saturated rings. The van der Waals surface area contributed by atoms with Crippen molar-refractivity contribution in [3.63, 3.8) is 0 Å². The van der Waals surface area contributed by atoms with Gasteiger partial charge in [0.25, 0.3) is 0 Å².